The summed E-state index contributed by atoms with van der Waals surface area (Å²) >= 11 is 6.00. The summed E-state index contributed by atoms with van der Waals surface area (Å²) in [6.07, 6.45) is 0. The molecule has 0 saturated carbocycles. The Bertz CT molecular complexity index is 389. The predicted octanol–water partition coefficient (Wildman–Crippen LogP) is 2.86. The van der Waals surface area contributed by atoms with E-state index in [0.717, 1.165) is 5.69 Å². The van der Waals surface area contributed by atoms with Gasteiger partial charge in [0.1, 0.15) is 0 Å². The highest BCUT2D eigenvalue weighted by Gasteiger charge is 2.13. The molecule has 88 valence electrons. The minimum atomic E-state index is -0.0857. The number of hydrogen-bond acceptors (Lipinski definition) is 2. The van der Waals surface area contributed by atoms with E-state index in [1.54, 1.807) is 26.2 Å². The number of benzene rings is 1. The van der Waals surface area contributed by atoms with Crippen LogP contribution in [0.15, 0.2) is 18.2 Å². The van der Waals surface area contributed by atoms with E-state index in [-0.39, 0.29) is 5.91 Å². The summed E-state index contributed by atoms with van der Waals surface area (Å²) in [7, 11) is 3.42. The fourth-order valence-electron chi connectivity index (χ4n) is 1.35. The van der Waals surface area contributed by atoms with E-state index < -0.39 is 0 Å². The number of rotatable bonds is 3. The number of nitrogens with zero attached hydrogens (tertiary/aromatic N) is 1. The van der Waals surface area contributed by atoms with Gasteiger partial charge in [-0.05, 0) is 32.0 Å². The van der Waals surface area contributed by atoms with Crippen molar-refractivity contribution in [2.45, 2.75) is 19.9 Å². The Labute approximate surface area is 101 Å². The van der Waals surface area contributed by atoms with Gasteiger partial charge in [-0.15, -0.1) is 0 Å². The van der Waals surface area contributed by atoms with Crippen LogP contribution < -0.4 is 5.32 Å². The molecular formula is C12H17ClN2O. The lowest BCUT2D eigenvalue weighted by Crippen LogP contribution is -2.22. The zero-order chi connectivity index (χ0) is 12.3. The summed E-state index contributed by atoms with van der Waals surface area (Å²) in [6.45, 7) is 4.09. The first-order valence-corrected chi connectivity index (χ1v) is 5.57. The third-order valence-electron chi connectivity index (χ3n) is 2.06. The van der Waals surface area contributed by atoms with Gasteiger partial charge in [0, 0.05) is 25.8 Å². The SMILES string of the molecule is CC(C)Nc1ccc(Cl)c(C(=O)N(C)C)c1. The average Bonchev–Trinajstić information content (AvgIpc) is 2.19. The molecule has 0 heterocycles. The highest BCUT2D eigenvalue weighted by Crippen LogP contribution is 2.22. The molecule has 0 radical (unpaired) electrons. The summed E-state index contributed by atoms with van der Waals surface area (Å²) in [5, 5.41) is 3.72. The standard InChI is InChI=1S/C12H17ClN2O/c1-8(2)14-9-5-6-11(13)10(7-9)12(16)15(3)4/h5-8,14H,1-4H3. The number of carbonyl (C=O) groups is 1. The topological polar surface area (TPSA) is 32.3 Å². The first kappa shape index (κ1) is 12.8. The van der Waals surface area contributed by atoms with E-state index in [9.17, 15) is 4.79 Å². The monoisotopic (exact) mass is 240 g/mol. The number of amides is 1. The number of halogens is 1. The van der Waals surface area contributed by atoms with Gasteiger partial charge in [0.05, 0.1) is 10.6 Å². The van der Waals surface area contributed by atoms with Crippen LogP contribution in [-0.4, -0.2) is 30.9 Å². The summed E-state index contributed by atoms with van der Waals surface area (Å²) in [5.41, 5.74) is 1.43. The molecule has 3 nitrogen and oxygen atoms in total. The van der Waals surface area contributed by atoms with Crippen LogP contribution in [-0.2, 0) is 0 Å². The van der Waals surface area contributed by atoms with Crippen molar-refractivity contribution in [3.8, 4) is 0 Å². The second-order valence-electron chi connectivity index (χ2n) is 4.19. The molecule has 4 heteroatoms. The van der Waals surface area contributed by atoms with Gasteiger partial charge >= 0.3 is 0 Å². The van der Waals surface area contributed by atoms with Crippen LogP contribution in [0.2, 0.25) is 5.02 Å². The van der Waals surface area contributed by atoms with E-state index in [0.29, 0.717) is 16.6 Å². The zero-order valence-electron chi connectivity index (χ0n) is 10.0. The maximum absolute atomic E-state index is 11.8. The van der Waals surface area contributed by atoms with E-state index in [1.807, 2.05) is 19.9 Å². The predicted molar refractivity (Wildman–Crippen MR) is 68.2 cm³/mol. The highest BCUT2D eigenvalue weighted by atomic mass is 35.5. The lowest BCUT2D eigenvalue weighted by atomic mass is 10.1. The molecule has 0 bridgehead atoms. The second-order valence-corrected chi connectivity index (χ2v) is 4.60. The lowest BCUT2D eigenvalue weighted by Gasteiger charge is -2.15. The van der Waals surface area contributed by atoms with Crippen molar-refractivity contribution >= 4 is 23.2 Å². The molecule has 0 aromatic heterocycles. The molecular weight excluding hydrogens is 224 g/mol. The molecule has 0 atom stereocenters. The first-order chi connectivity index (χ1) is 7.41. The van der Waals surface area contributed by atoms with Crippen molar-refractivity contribution < 1.29 is 4.79 Å². The van der Waals surface area contributed by atoms with Gasteiger partial charge in [0.2, 0.25) is 0 Å². The maximum atomic E-state index is 11.8. The Hall–Kier alpha value is -1.22. The van der Waals surface area contributed by atoms with Gasteiger partial charge in [-0.2, -0.15) is 0 Å². The van der Waals surface area contributed by atoms with Gasteiger partial charge in [-0.1, -0.05) is 11.6 Å². The van der Waals surface area contributed by atoms with Gasteiger partial charge in [0.25, 0.3) is 5.91 Å². The summed E-state index contributed by atoms with van der Waals surface area (Å²) in [4.78, 5) is 13.3. The van der Waals surface area contributed by atoms with E-state index in [1.165, 1.54) is 4.90 Å². The largest absolute Gasteiger partial charge is 0.383 e. The number of hydrogen-bond donors (Lipinski definition) is 1. The van der Waals surface area contributed by atoms with E-state index in [2.05, 4.69) is 5.32 Å². The van der Waals surface area contributed by atoms with Gasteiger partial charge in [-0.25, -0.2) is 0 Å². The fourth-order valence-corrected chi connectivity index (χ4v) is 1.55. The van der Waals surface area contributed by atoms with Crippen LogP contribution in [0.1, 0.15) is 24.2 Å². The van der Waals surface area contributed by atoms with Crippen LogP contribution in [0, 0.1) is 0 Å². The molecule has 0 fully saturated rings. The molecule has 1 N–H and O–H groups in total. The molecule has 1 amide bonds. The van der Waals surface area contributed by atoms with Crippen LogP contribution in [0.5, 0.6) is 0 Å². The Morgan fingerprint density at radius 2 is 2.00 bits per heavy atom. The fraction of sp³-hybridized carbons (Fsp3) is 0.417. The third-order valence-corrected chi connectivity index (χ3v) is 2.39. The molecule has 0 saturated heterocycles. The first-order valence-electron chi connectivity index (χ1n) is 5.19. The van der Waals surface area contributed by atoms with Crippen molar-refractivity contribution in [1.29, 1.82) is 0 Å². The molecule has 16 heavy (non-hydrogen) atoms. The number of nitrogens with one attached hydrogen (secondary N) is 1. The van der Waals surface area contributed by atoms with E-state index >= 15 is 0 Å². The molecule has 1 aromatic rings. The second kappa shape index (κ2) is 5.21. The van der Waals surface area contributed by atoms with Crippen molar-refractivity contribution in [3.05, 3.63) is 28.8 Å². The van der Waals surface area contributed by atoms with Crippen LogP contribution >= 0.6 is 11.6 Å². The van der Waals surface area contributed by atoms with Crippen molar-refractivity contribution in [2.75, 3.05) is 19.4 Å². The highest BCUT2D eigenvalue weighted by molar-refractivity contribution is 6.34. The normalized spacial score (nSPS) is 10.4. The van der Waals surface area contributed by atoms with Crippen LogP contribution in [0.3, 0.4) is 0 Å². The minimum Gasteiger partial charge on any atom is -0.383 e. The lowest BCUT2D eigenvalue weighted by molar-refractivity contribution is 0.0828. The molecule has 0 aliphatic heterocycles. The Morgan fingerprint density at radius 3 is 2.50 bits per heavy atom. The quantitative estimate of drug-likeness (QED) is 0.881. The Kier molecular flexibility index (Phi) is 4.19. The molecule has 0 unspecified atom stereocenters. The molecule has 0 aliphatic rings. The molecule has 0 spiro atoms. The van der Waals surface area contributed by atoms with Crippen molar-refractivity contribution in [2.24, 2.45) is 0 Å². The zero-order valence-corrected chi connectivity index (χ0v) is 10.8. The third kappa shape index (κ3) is 3.14. The van der Waals surface area contributed by atoms with Gasteiger partial charge < -0.3 is 10.2 Å². The molecule has 1 aromatic carbocycles. The van der Waals surface area contributed by atoms with Crippen molar-refractivity contribution in [1.82, 2.24) is 4.90 Å². The summed E-state index contributed by atoms with van der Waals surface area (Å²) in [6, 6.07) is 5.71. The Balaban J connectivity index is 3.04. The van der Waals surface area contributed by atoms with Crippen LogP contribution in [0.4, 0.5) is 5.69 Å². The van der Waals surface area contributed by atoms with Crippen LogP contribution in [0.25, 0.3) is 0 Å². The molecule has 0 aliphatic carbocycles. The summed E-state index contributed by atoms with van der Waals surface area (Å²) < 4.78 is 0. The minimum absolute atomic E-state index is 0.0857. The number of carbonyl (C=O) groups excluding carboxylic acids is 1. The van der Waals surface area contributed by atoms with Gasteiger partial charge in [-0.3, -0.25) is 4.79 Å². The van der Waals surface area contributed by atoms with E-state index in [4.69, 9.17) is 11.6 Å². The molecule has 1 rings (SSSR count). The van der Waals surface area contributed by atoms with Crippen molar-refractivity contribution in [3.63, 3.8) is 0 Å². The Morgan fingerprint density at radius 1 is 1.38 bits per heavy atom. The number of anilines is 1. The van der Waals surface area contributed by atoms with Gasteiger partial charge in [0.15, 0.2) is 0 Å². The summed E-state index contributed by atoms with van der Waals surface area (Å²) in [5.74, 6) is -0.0857. The smallest absolute Gasteiger partial charge is 0.254 e. The maximum Gasteiger partial charge on any atom is 0.254 e. The average molecular weight is 241 g/mol.